The topological polar surface area (TPSA) is 92.7 Å². The molecule has 0 saturated heterocycles. The van der Waals surface area contributed by atoms with Gasteiger partial charge in [-0.05, 0) is 73.6 Å². The number of halogens is 1. The van der Waals surface area contributed by atoms with Gasteiger partial charge in [0.1, 0.15) is 11.6 Å². The van der Waals surface area contributed by atoms with Crippen LogP contribution in [0, 0.1) is 11.7 Å². The second-order valence-corrected chi connectivity index (χ2v) is 10.8. The van der Waals surface area contributed by atoms with Crippen molar-refractivity contribution in [2.45, 2.75) is 68.8 Å². The fraction of sp³-hybridized carbons (Fsp3) is 0.423. The Kier molecular flexibility index (Phi) is 6.71. The van der Waals surface area contributed by atoms with Crippen LogP contribution in [0.15, 0.2) is 64.8 Å². The third-order valence-electron chi connectivity index (χ3n) is 6.53. The van der Waals surface area contributed by atoms with Crippen molar-refractivity contribution < 1.29 is 27.4 Å². The highest BCUT2D eigenvalue weighted by Gasteiger charge is 2.51. The summed E-state index contributed by atoms with van der Waals surface area (Å²) in [4.78, 5) is 13.0. The Morgan fingerprint density at radius 1 is 1.12 bits per heavy atom. The Morgan fingerprint density at radius 3 is 2.35 bits per heavy atom. The lowest BCUT2D eigenvalue weighted by molar-refractivity contribution is -0.149. The van der Waals surface area contributed by atoms with Crippen LogP contribution >= 0.6 is 0 Å². The summed E-state index contributed by atoms with van der Waals surface area (Å²) in [6, 6.07) is 11.5. The highest BCUT2D eigenvalue weighted by Crippen LogP contribution is 2.52. The lowest BCUT2D eigenvalue weighted by Crippen LogP contribution is -2.31. The number of benzene rings is 2. The summed E-state index contributed by atoms with van der Waals surface area (Å²) in [6.07, 6.45) is 4.45. The zero-order chi connectivity index (χ0) is 24.5. The molecule has 34 heavy (non-hydrogen) atoms. The number of sulfonamides is 1. The van der Waals surface area contributed by atoms with E-state index in [0.29, 0.717) is 24.1 Å². The summed E-state index contributed by atoms with van der Waals surface area (Å²) in [7, 11) is -3.92. The molecule has 0 aromatic heterocycles. The normalized spacial score (nSPS) is 18.6. The molecular weight excluding hydrogens is 457 g/mol. The fourth-order valence-corrected chi connectivity index (χ4v) is 5.95. The van der Waals surface area contributed by atoms with E-state index in [0.717, 1.165) is 43.4 Å². The van der Waals surface area contributed by atoms with Crippen molar-refractivity contribution in [3.63, 3.8) is 0 Å². The van der Waals surface area contributed by atoms with Crippen LogP contribution in [-0.4, -0.2) is 25.1 Å². The van der Waals surface area contributed by atoms with Crippen molar-refractivity contribution in [3.05, 3.63) is 71.2 Å². The van der Waals surface area contributed by atoms with Crippen LogP contribution < -0.4 is 4.72 Å². The second-order valence-electron chi connectivity index (χ2n) is 9.15. The number of ether oxygens (including phenoxy) is 1. The molecule has 1 saturated carbocycles. The van der Waals surface area contributed by atoms with Crippen molar-refractivity contribution >= 4 is 21.7 Å². The molecule has 2 aliphatic rings. The second kappa shape index (κ2) is 9.41. The van der Waals surface area contributed by atoms with Gasteiger partial charge in [-0.25, -0.2) is 17.6 Å². The van der Waals surface area contributed by atoms with Gasteiger partial charge in [-0.3, -0.25) is 4.72 Å². The van der Waals surface area contributed by atoms with Crippen molar-refractivity contribution in [3.8, 4) is 0 Å². The Hall–Kier alpha value is -2.87. The summed E-state index contributed by atoms with van der Waals surface area (Å²) < 4.78 is 47.1. The molecule has 6 nitrogen and oxygen atoms in total. The van der Waals surface area contributed by atoms with Gasteiger partial charge in [-0.15, -0.1) is 0 Å². The molecule has 0 spiro atoms. The molecule has 0 radical (unpaired) electrons. The lowest BCUT2D eigenvalue weighted by atomic mass is 9.82. The maximum absolute atomic E-state index is 13.2. The first-order valence-electron chi connectivity index (χ1n) is 11.8. The first-order chi connectivity index (χ1) is 16.2. The number of aliphatic hydroxyl groups excluding tert-OH is 1. The summed E-state index contributed by atoms with van der Waals surface area (Å²) in [5, 5.41) is 11.3. The number of nitrogens with one attached hydrogen (secondary N) is 1. The predicted molar refractivity (Wildman–Crippen MR) is 127 cm³/mol. The monoisotopic (exact) mass is 487 g/mol. The molecular formula is C26H30FNO5S. The van der Waals surface area contributed by atoms with Gasteiger partial charge < -0.3 is 9.84 Å². The van der Waals surface area contributed by atoms with Crippen molar-refractivity contribution in [2.75, 3.05) is 4.72 Å². The number of rotatable bonds is 10. The van der Waals surface area contributed by atoms with Crippen LogP contribution in [0.4, 0.5) is 10.1 Å². The fourth-order valence-electron chi connectivity index (χ4n) is 4.90. The molecule has 2 aromatic rings. The molecule has 0 amide bonds. The third kappa shape index (κ3) is 4.69. The first kappa shape index (κ1) is 24.3. The minimum atomic E-state index is -3.92. The molecule has 0 bridgehead atoms. The molecule has 1 fully saturated rings. The van der Waals surface area contributed by atoms with Gasteiger partial charge >= 0.3 is 5.97 Å². The van der Waals surface area contributed by atoms with E-state index < -0.39 is 27.4 Å². The van der Waals surface area contributed by atoms with E-state index >= 15 is 0 Å². The van der Waals surface area contributed by atoms with Crippen LogP contribution in [0.5, 0.6) is 0 Å². The molecule has 182 valence electrons. The lowest BCUT2D eigenvalue weighted by Gasteiger charge is -2.27. The average molecular weight is 488 g/mol. The smallest absolute Gasteiger partial charge is 0.339 e. The van der Waals surface area contributed by atoms with E-state index in [9.17, 15) is 22.7 Å². The summed E-state index contributed by atoms with van der Waals surface area (Å²) >= 11 is 0. The van der Waals surface area contributed by atoms with E-state index in [2.05, 4.69) is 4.72 Å². The number of esters is 1. The molecule has 4 rings (SSSR count). The zero-order valence-electron chi connectivity index (χ0n) is 19.4. The predicted octanol–water partition coefficient (Wildman–Crippen LogP) is 5.83. The van der Waals surface area contributed by atoms with Gasteiger partial charge in [-0.2, -0.15) is 0 Å². The minimum Gasteiger partial charge on any atom is -0.507 e. The molecule has 2 N–H and O–H groups in total. The van der Waals surface area contributed by atoms with Crippen LogP contribution in [0.2, 0.25) is 0 Å². The van der Waals surface area contributed by atoms with E-state index in [1.165, 1.54) is 12.1 Å². The quantitative estimate of drug-likeness (QED) is 0.412. The third-order valence-corrected chi connectivity index (χ3v) is 7.93. The Labute approximate surface area is 199 Å². The van der Waals surface area contributed by atoms with E-state index in [4.69, 9.17) is 4.74 Å². The van der Waals surface area contributed by atoms with E-state index in [1.54, 1.807) is 18.2 Å². The number of cyclic esters (lactones) is 1. The largest absolute Gasteiger partial charge is 0.507 e. The van der Waals surface area contributed by atoms with Crippen LogP contribution in [0.1, 0.15) is 63.9 Å². The summed E-state index contributed by atoms with van der Waals surface area (Å²) in [5.41, 5.74) is 0.379. The van der Waals surface area contributed by atoms with Crippen molar-refractivity contribution in [1.82, 2.24) is 0 Å². The maximum Gasteiger partial charge on any atom is 0.339 e. The van der Waals surface area contributed by atoms with Crippen molar-refractivity contribution in [1.29, 1.82) is 0 Å². The van der Waals surface area contributed by atoms with Gasteiger partial charge in [0.05, 0.1) is 10.5 Å². The van der Waals surface area contributed by atoms with Gasteiger partial charge in [0, 0.05) is 11.6 Å². The Bertz CT molecular complexity index is 1200. The van der Waals surface area contributed by atoms with Gasteiger partial charge in [-0.1, -0.05) is 38.8 Å². The highest BCUT2D eigenvalue weighted by molar-refractivity contribution is 7.92. The van der Waals surface area contributed by atoms with Crippen LogP contribution in [-0.2, 0) is 19.6 Å². The molecule has 2 aromatic carbocycles. The van der Waals surface area contributed by atoms with Gasteiger partial charge in [0.15, 0.2) is 5.60 Å². The number of hydrogen-bond acceptors (Lipinski definition) is 5. The summed E-state index contributed by atoms with van der Waals surface area (Å²) in [5.74, 6) is -1.19. The van der Waals surface area contributed by atoms with E-state index in [1.807, 2.05) is 19.9 Å². The van der Waals surface area contributed by atoms with Crippen LogP contribution in [0.25, 0.3) is 0 Å². The Balaban J connectivity index is 1.69. The van der Waals surface area contributed by atoms with Crippen molar-refractivity contribution in [2.24, 2.45) is 5.92 Å². The van der Waals surface area contributed by atoms with Gasteiger partial charge in [0.2, 0.25) is 0 Å². The number of anilines is 1. The Morgan fingerprint density at radius 2 is 1.76 bits per heavy atom. The molecule has 1 atom stereocenters. The first-order valence-corrected chi connectivity index (χ1v) is 13.2. The molecule has 1 aliphatic carbocycles. The van der Waals surface area contributed by atoms with Gasteiger partial charge in [0.25, 0.3) is 10.0 Å². The average Bonchev–Trinajstić information content (AvgIpc) is 3.59. The number of hydrogen-bond donors (Lipinski definition) is 2. The highest BCUT2D eigenvalue weighted by atomic mass is 32.2. The number of aliphatic hydroxyl groups is 1. The number of carbonyl (C=O) groups is 1. The molecule has 8 heteroatoms. The minimum absolute atomic E-state index is 0.0235. The zero-order valence-corrected chi connectivity index (χ0v) is 20.2. The van der Waals surface area contributed by atoms with E-state index in [-0.39, 0.29) is 22.5 Å². The van der Waals surface area contributed by atoms with Crippen LogP contribution in [0.3, 0.4) is 0 Å². The maximum atomic E-state index is 13.2. The molecule has 1 unspecified atom stereocenters. The standard InChI is InChI=1S/C26H30FNO5S/c1-3-14-26(15-4-2)24(29)23(25(30)33-26)22(17-8-9-17)18-6-5-7-20(16-18)28-34(31,32)21-12-10-19(27)11-13-21/h5-7,10-13,16-17,22,28-29H,3-4,8-9,14-15H2,1-2H3. The SMILES string of the molecule is CCCC1(CCC)OC(=O)C(C(c2cccc(NS(=O)(=O)c3ccc(F)cc3)c2)C2CC2)=C1O. The molecule has 1 heterocycles. The molecule has 1 aliphatic heterocycles. The summed E-state index contributed by atoms with van der Waals surface area (Å²) in [6.45, 7) is 3.98. The number of carbonyl (C=O) groups excluding carboxylic acids is 1.